The standard InChI is InChI=1S/C34H29F2N3O4/c1-34(2,3)26-15-12-23(13-16-26)31(40)37-29(33(41)42)18-20-4-6-22(7-5-20)30-38-32(43-39-30)24-10-8-21(9-11-24)25-14-17-27(35)28(36)19-25/h4-17,19,29H,18H2,1-3H3,(H,37,40)(H,41,42). The van der Waals surface area contributed by atoms with E-state index in [1.54, 1.807) is 60.7 Å². The minimum atomic E-state index is -1.14. The van der Waals surface area contributed by atoms with E-state index in [0.717, 1.165) is 17.7 Å². The summed E-state index contributed by atoms with van der Waals surface area (Å²) < 4.78 is 32.3. The molecular weight excluding hydrogens is 552 g/mol. The molecule has 2 N–H and O–H groups in total. The van der Waals surface area contributed by atoms with Crippen LogP contribution >= 0.6 is 0 Å². The number of nitrogens with zero attached hydrogens (tertiary/aromatic N) is 2. The van der Waals surface area contributed by atoms with Crippen molar-refractivity contribution in [3.05, 3.63) is 119 Å². The molecule has 0 saturated carbocycles. The van der Waals surface area contributed by atoms with E-state index < -0.39 is 29.6 Å². The fourth-order valence-electron chi connectivity index (χ4n) is 4.53. The Hall–Kier alpha value is -5.18. The van der Waals surface area contributed by atoms with Gasteiger partial charge in [0.2, 0.25) is 5.82 Å². The van der Waals surface area contributed by atoms with E-state index in [0.29, 0.717) is 39.2 Å². The topological polar surface area (TPSA) is 105 Å². The molecule has 1 unspecified atom stereocenters. The molecule has 43 heavy (non-hydrogen) atoms. The predicted octanol–water partition coefficient (Wildman–Crippen LogP) is 7.07. The summed E-state index contributed by atoms with van der Waals surface area (Å²) in [7, 11) is 0. The fourth-order valence-corrected chi connectivity index (χ4v) is 4.53. The first-order valence-electron chi connectivity index (χ1n) is 13.6. The average molecular weight is 582 g/mol. The molecule has 1 atom stereocenters. The lowest BCUT2D eigenvalue weighted by Gasteiger charge is -2.19. The molecule has 5 aromatic rings. The van der Waals surface area contributed by atoms with Gasteiger partial charge in [0.1, 0.15) is 6.04 Å². The number of benzene rings is 4. The first-order valence-corrected chi connectivity index (χ1v) is 13.6. The zero-order valence-electron chi connectivity index (χ0n) is 23.8. The molecule has 218 valence electrons. The molecule has 0 bridgehead atoms. The third-order valence-electron chi connectivity index (χ3n) is 7.08. The van der Waals surface area contributed by atoms with Crippen LogP contribution in [0.15, 0.2) is 95.5 Å². The maximum atomic E-state index is 13.6. The van der Waals surface area contributed by atoms with Crippen molar-refractivity contribution < 1.29 is 28.0 Å². The Balaban J connectivity index is 1.24. The molecule has 0 spiro atoms. The van der Waals surface area contributed by atoms with Gasteiger partial charge in [-0.15, -0.1) is 0 Å². The molecule has 0 radical (unpaired) electrons. The Labute approximate surface area is 247 Å². The van der Waals surface area contributed by atoms with Gasteiger partial charge in [0.05, 0.1) is 0 Å². The van der Waals surface area contributed by atoms with Crippen LogP contribution in [-0.4, -0.2) is 33.2 Å². The number of halogens is 2. The average Bonchev–Trinajstić information content (AvgIpc) is 3.49. The van der Waals surface area contributed by atoms with Crippen LogP contribution in [0.4, 0.5) is 8.78 Å². The zero-order chi connectivity index (χ0) is 30.7. The molecule has 0 saturated heterocycles. The molecule has 9 heteroatoms. The number of carbonyl (C=O) groups is 2. The molecule has 1 heterocycles. The van der Waals surface area contributed by atoms with Crippen molar-refractivity contribution in [1.29, 1.82) is 0 Å². The van der Waals surface area contributed by atoms with Crippen LogP contribution in [0.3, 0.4) is 0 Å². The molecule has 1 aromatic heterocycles. The number of carboxylic acids is 1. The third-order valence-corrected chi connectivity index (χ3v) is 7.08. The van der Waals surface area contributed by atoms with Gasteiger partial charge < -0.3 is 14.9 Å². The number of rotatable bonds is 8. The van der Waals surface area contributed by atoms with Crippen LogP contribution in [-0.2, 0) is 16.6 Å². The summed E-state index contributed by atoms with van der Waals surface area (Å²) in [5.74, 6) is -2.80. The zero-order valence-corrected chi connectivity index (χ0v) is 23.8. The monoisotopic (exact) mass is 581 g/mol. The Morgan fingerprint density at radius 3 is 2.02 bits per heavy atom. The van der Waals surface area contributed by atoms with E-state index in [9.17, 15) is 23.5 Å². The normalized spacial score (nSPS) is 12.1. The highest BCUT2D eigenvalue weighted by Crippen LogP contribution is 2.27. The lowest BCUT2D eigenvalue weighted by Crippen LogP contribution is -2.42. The maximum Gasteiger partial charge on any atom is 0.326 e. The van der Waals surface area contributed by atoms with Crippen LogP contribution in [0.2, 0.25) is 0 Å². The minimum Gasteiger partial charge on any atom is -0.480 e. The second-order valence-corrected chi connectivity index (χ2v) is 11.2. The van der Waals surface area contributed by atoms with Gasteiger partial charge in [-0.1, -0.05) is 80.5 Å². The van der Waals surface area contributed by atoms with Crippen LogP contribution in [0, 0.1) is 11.6 Å². The van der Waals surface area contributed by atoms with E-state index in [-0.39, 0.29) is 17.7 Å². The van der Waals surface area contributed by atoms with Crippen LogP contribution in [0.5, 0.6) is 0 Å². The smallest absolute Gasteiger partial charge is 0.326 e. The summed E-state index contributed by atoms with van der Waals surface area (Å²) in [4.78, 5) is 29.1. The summed E-state index contributed by atoms with van der Waals surface area (Å²) in [6.45, 7) is 6.23. The number of carbonyl (C=O) groups excluding carboxylic acids is 1. The number of hydrogen-bond donors (Lipinski definition) is 2. The third kappa shape index (κ3) is 6.83. The van der Waals surface area contributed by atoms with Gasteiger partial charge in [-0.05, 0) is 64.1 Å². The van der Waals surface area contributed by atoms with Crippen LogP contribution in [0.1, 0.15) is 42.3 Å². The van der Waals surface area contributed by atoms with Crippen molar-refractivity contribution in [2.24, 2.45) is 0 Å². The van der Waals surface area contributed by atoms with Gasteiger partial charge in [-0.2, -0.15) is 4.98 Å². The molecule has 1 amide bonds. The Morgan fingerprint density at radius 2 is 1.42 bits per heavy atom. The molecule has 4 aromatic carbocycles. The van der Waals surface area contributed by atoms with Gasteiger partial charge >= 0.3 is 5.97 Å². The van der Waals surface area contributed by atoms with Gasteiger partial charge in [-0.25, -0.2) is 13.6 Å². The van der Waals surface area contributed by atoms with Crippen molar-refractivity contribution in [2.45, 2.75) is 38.6 Å². The van der Waals surface area contributed by atoms with Crippen LogP contribution in [0.25, 0.3) is 34.0 Å². The Kier molecular flexibility index (Phi) is 8.16. The Bertz CT molecular complexity index is 1760. The largest absolute Gasteiger partial charge is 0.480 e. The molecule has 5 rings (SSSR count). The number of aromatic nitrogens is 2. The van der Waals surface area contributed by atoms with Crippen molar-refractivity contribution >= 4 is 11.9 Å². The summed E-state index contributed by atoms with van der Waals surface area (Å²) in [5.41, 5.74) is 4.65. The van der Waals surface area contributed by atoms with Crippen molar-refractivity contribution in [3.8, 4) is 34.0 Å². The lowest BCUT2D eigenvalue weighted by molar-refractivity contribution is -0.139. The van der Waals surface area contributed by atoms with Crippen molar-refractivity contribution in [2.75, 3.05) is 0 Å². The number of nitrogens with one attached hydrogen (secondary N) is 1. The van der Waals surface area contributed by atoms with Gasteiger partial charge in [-0.3, -0.25) is 4.79 Å². The van der Waals surface area contributed by atoms with E-state index in [1.165, 1.54) is 6.07 Å². The fraction of sp³-hybridized carbons (Fsp3) is 0.176. The first-order chi connectivity index (χ1) is 20.5. The molecule has 0 fully saturated rings. The highest BCUT2D eigenvalue weighted by Gasteiger charge is 2.22. The van der Waals surface area contributed by atoms with Gasteiger partial charge in [0, 0.05) is 23.1 Å². The highest BCUT2D eigenvalue weighted by molar-refractivity contribution is 5.96. The summed E-state index contributed by atoms with van der Waals surface area (Å²) in [5, 5.41) is 16.4. The minimum absolute atomic E-state index is 0.0610. The predicted molar refractivity (Wildman–Crippen MR) is 158 cm³/mol. The summed E-state index contributed by atoms with van der Waals surface area (Å²) >= 11 is 0. The van der Waals surface area contributed by atoms with E-state index in [2.05, 4.69) is 36.2 Å². The molecule has 0 aliphatic carbocycles. The van der Waals surface area contributed by atoms with Gasteiger partial charge in [0.15, 0.2) is 11.6 Å². The Morgan fingerprint density at radius 1 is 0.814 bits per heavy atom. The van der Waals surface area contributed by atoms with E-state index >= 15 is 0 Å². The number of carboxylic acid groups (broad SMARTS) is 1. The maximum absolute atomic E-state index is 13.6. The highest BCUT2D eigenvalue weighted by atomic mass is 19.2. The van der Waals surface area contributed by atoms with Crippen molar-refractivity contribution in [3.63, 3.8) is 0 Å². The molecule has 0 aliphatic rings. The molecule has 0 aliphatic heterocycles. The number of aliphatic carboxylic acids is 1. The second-order valence-electron chi connectivity index (χ2n) is 11.2. The van der Waals surface area contributed by atoms with E-state index in [1.807, 2.05) is 12.1 Å². The van der Waals surface area contributed by atoms with E-state index in [4.69, 9.17) is 4.52 Å². The molecule has 7 nitrogen and oxygen atoms in total. The number of amides is 1. The lowest BCUT2D eigenvalue weighted by atomic mass is 9.86. The summed E-state index contributed by atoms with van der Waals surface area (Å²) in [6, 6.07) is 23.7. The molecular formula is C34H29F2N3O4. The first kappa shape index (κ1) is 29.3. The van der Waals surface area contributed by atoms with Crippen molar-refractivity contribution in [1.82, 2.24) is 15.5 Å². The SMILES string of the molecule is CC(C)(C)c1ccc(C(=O)NC(Cc2ccc(-c3noc(-c4ccc(-c5ccc(F)c(F)c5)cc4)n3)cc2)C(=O)O)cc1. The summed E-state index contributed by atoms with van der Waals surface area (Å²) in [6.07, 6.45) is 0.0865. The second kappa shape index (κ2) is 12.0. The number of hydrogen-bond acceptors (Lipinski definition) is 5. The van der Waals surface area contributed by atoms with Crippen LogP contribution < -0.4 is 5.32 Å². The van der Waals surface area contributed by atoms with Gasteiger partial charge in [0.25, 0.3) is 11.8 Å². The quantitative estimate of drug-likeness (QED) is 0.203.